The molecule has 0 spiro atoms. The van der Waals surface area contributed by atoms with Gasteiger partial charge in [0.15, 0.2) is 5.11 Å². The largest absolute Gasteiger partial charge is 0.333 e. The van der Waals surface area contributed by atoms with Gasteiger partial charge in [0.1, 0.15) is 12.4 Å². The van der Waals surface area contributed by atoms with Crippen LogP contribution in [0.1, 0.15) is 25.7 Å². The van der Waals surface area contributed by atoms with Gasteiger partial charge in [0.2, 0.25) is 5.91 Å². The lowest BCUT2D eigenvalue weighted by Crippen LogP contribution is -2.48. The molecule has 3 N–H and O–H groups in total. The summed E-state index contributed by atoms with van der Waals surface area (Å²) in [5.41, 5.74) is 5.59. The number of carbonyl (C=O) groups excluding carboxylic acids is 2. The van der Waals surface area contributed by atoms with E-state index in [-0.39, 0.29) is 29.3 Å². The Morgan fingerprint density at radius 3 is 2.65 bits per heavy atom. The molecule has 1 aromatic carbocycles. The third-order valence-corrected chi connectivity index (χ3v) is 3.63. The van der Waals surface area contributed by atoms with Crippen molar-refractivity contribution in [3.63, 3.8) is 0 Å². The summed E-state index contributed by atoms with van der Waals surface area (Å²) in [6, 6.07) is 5.66. The monoisotopic (exact) mass is 338 g/mol. The van der Waals surface area contributed by atoms with Gasteiger partial charge in [-0.3, -0.25) is 20.4 Å². The van der Waals surface area contributed by atoms with Crippen molar-refractivity contribution in [3.05, 3.63) is 30.1 Å². The first-order chi connectivity index (χ1) is 11.0. The van der Waals surface area contributed by atoms with Crippen LogP contribution in [0.3, 0.4) is 0 Å². The number of hydrazine groups is 1. The Morgan fingerprint density at radius 2 is 1.91 bits per heavy atom. The van der Waals surface area contributed by atoms with E-state index in [1.54, 1.807) is 4.90 Å². The zero-order valence-corrected chi connectivity index (χ0v) is 13.4. The van der Waals surface area contributed by atoms with Crippen molar-refractivity contribution in [2.24, 2.45) is 0 Å². The number of amides is 2. The maximum Gasteiger partial charge on any atom is 0.257 e. The fourth-order valence-electron chi connectivity index (χ4n) is 2.24. The zero-order valence-electron chi connectivity index (χ0n) is 12.6. The van der Waals surface area contributed by atoms with Gasteiger partial charge < -0.3 is 10.2 Å². The lowest BCUT2D eigenvalue weighted by Gasteiger charge is -2.20. The van der Waals surface area contributed by atoms with E-state index in [1.165, 1.54) is 24.3 Å². The SMILES string of the molecule is O=C(CN1CCCCCC1=O)NNC(=S)Nc1ccc(F)cc1. The molecule has 8 heteroatoms. The van der Waals surface area contributed by atoms with Gasteiger partial charge in [-0.15, -0.1) is 0 Å². The molecule has 0 atom stereocenters. The second kappa shape index (κ2) is 8.42. The molecular weight excluding hydrogens is 319 g/mol. The second-order valence-corrected chi connectivity index (χ2v) is 5.67. The van der Waals surface area contributed by atoms with E-state index in [2.05, 4.69) is 16.2 Å². The number of nitrogens with zero attached hydrogens (tertiary/aromatic N) is 1. The molecule has 1 saturated heterocycles. The molecule has 23 heavy (non-hydrogen) atoms. The first-order valence-corrected chi connectivity index (χ1v) is 7.84. The van der Waals surface area contributed by atoms with Crippen molar-refractivity contribution in [3.8, 4) is 0 Å². The molecule has 1 fully saturated rings. The van der Waals surface area contributed by atoms with Gasteiger partial charge in [-0.05, 0) is 49.3 Å². The Bertz CT molecular complexity index is 579. The van der Waals surface area contributed by atoms with Gasteiger partial charge >= 0.3 is 0 Å². The Morgan fingerprint density at radius 1 is 1.17 bits per heavy atom. The average molecular weight is 338 g/mol. The predicted molar refractivity (Wildman–Crippen MR) is 88.9 cm³/mol. The molecule has 124 valence electrons. The maximum absolute atomic E-state index is 12.8. The zero-order chi connectivity index (χ0) is 16.7. The van der Waals surface area contributed by atoms with Crippen LogP contribution in [0.15, 0.2) is 24.3 Å². The van der Waals surface area contributed by atoms with Crippen molar-refractivity contribution in [2.75, 3.05) is 18.4 Å². The molecule has 6 nitrogen and oxygen atoms in total. The Hall–Kier alpha value is -2.22. The number of rotatable bonds is 3. The number of benzene rings is 1. The summed E-state index contributed by atoms with van der Waals surface area (Å²) in [6.45, 7) is 0.607. The van der Waals surface area contributed by atoms with Crippen LogP contribution in [0.25, 0.3) is 0 Å². The van der Waals surface area contributed by atoms with Gasteiger partial charge in [-0.2, -0.15) is 0 Å². The minimum atomic E-state index is -0.344. The molecule has 2 amide bonds. The molecule has 1 aliphatic rings. The van der Waals surface area contributed by atoms with E-state index in [4.69, 9.17) is 12.2 Å². The Balaban J connectivity index is 1.73. The van der Waals surface area contributed by atoms with Crippen LogP contribution in [0.5, 0.6) is 0 Å². The van der Waals surface area contributed by atoms with E-state index in [0.29, 0.717) is 18.7 Å². The maximum atomic E-state index is 12.8. The fourth-order valence-corrected chi connectivity index (χ4v) is 2.41. The molecule has 0 unspecified atom stereocenters. The number of hydrogen-bond donors (Lipinski definition) is 3. The highest BCUT2D eigenvalue weighted by Crippen LogP contribution is 2.10. The summed E-state index contributed by atoms with van der Waals surface area (Å²) in [4.78, 5) is 25.2. The number of halogens is 1. The lowest BCUT2D eigenvalue weighted by molar-refractivity contribution is -0.135. The van der Waals surface area contributed by atoms with E-state index in [1.807, 2.05) is 0 Å². The lowest BCUT2D eigenvalue weighted by atomic mass is 10.2. The molecular formula is C15H19FN4O2S. The van der Waals surface area contributed by atoms with E-state index in [0.717, 1.165) is 19.3 Å². The summed E-state index contributed by atoms with van der Waals surface area (Å²) >= 11 is 5.03. The normalized spacial score (nSPS) is 14.8. The van der Waals surface area contributed by atoms with Gasteiger partial charge in [-0.25, -0.2) is 4.39 Å². The summed E-state index contributed by atoms with van der Waals surface area (Å²) in [5.74, 6) is -0.682. The highest BCUT2D eigenvalue weighted by molar-refractivity contribution is 7.80. The number of carbonyl (C=O) groups is 2. The van der Waals surface area contributed by atoms with Crippen LogP contribution in [0.4, 0.5) is 10.1 Å². The molecule has 0 radical (unpaired) electrons. The van der Waals surface area contributed by atoms with Crippen LogP contribution in [-0.4, -0.2) is 34.9 Å². The average Bonchev–Trinajstić information content (AvgIpc) is 2.73. The number of thiocarbonyl (C=S) groups is 1. The van der Waals surface area contributed by atoms with Gasteiger partial charge in [0, 0.05) is 18.7 Å². The van der Waals surface area contributed by atoms with Crippen LogP contribution in [0, 0.1) is 5.82 Å². The Labute approximate surface area is 139 Å². The third-order valence-electron chi connectivity index (χ3n) is 3.42. The van der Waals surface area contributed by atoms with E-state index < -0.39 is 0 Å². The number of likely N-dealkylation sites (tertiary alicyclic amines) is 1. The van der Waals surface area contributed by atoms with Gasteiger partial charge in [0.05, 0.1) is 0 Å². The van der Waals surface area contributed by atoms with E-state index in [9.17, 15) is 14.0 Å². The van der Waals surface area contributed by atoms with Crippen LogP contribution in [-0.2, 0) is 9.59 Å². The number of nitrogens with one attached hydrogen (secondary N) is 3. The van der Waals surface area contributed by atoms with Crippen LogP contribution < -0.4 is 16.2 Å². The molecule has 1 aliphatic heterocycles. The molecule has 0 aromatic heterocycles. The van der Waals surface area contributed by atoms with Crippen LogP contribution >= 0.6 is 12.2 Å². The van der Waals surface area contributed by atoms with Crippen molar-refractivity contribution < 1.29 is 14.0 Å². The molecule has 0 bridgehead atoms. The van der Waals surface area contributed by atoms with Crippen molar-refractivity contribution in [1.82, 2.24) is 15.8 Å². The van der Waals surface area contributed by atoms with E-state index >= 15 is 0 Å². The minimum absolute atomic E-state index is 0.00432. The highest BCUT2D eigenvalue weighted by atomic mass is 32.1. The summed E-state index contributed by atoms with van der Waals surface area (Å²) < 4.78 is 12.8. The summed E-state index contributed by atoms with van der Waals surface area (Å²) in [5, 5.41) is 2.98. The first kappa shape index (κ1) is 17.1. The van der Waals surface area contributed by atoms with Gasteiger partial charge in [-0.1, -0.05) is 6.42 Å². The number of hydrogen-bond acceptors (Lipinski definition) is 3. The van der Waals surface area contributed by atoms with Crippen LogP contribution in [0.2, 0.25) is 0 Å². The molecule has 1 heterocycles. The van der Waals surface area contributed by atoms with Gasteiger partial charge in [0.25, 0.3) is 5.91 Å². The molecule has 0 saturated carbocycles. The molecule has 0 aliphatic carbocycles. The fraction of sp³-hybridized carbons (Fsp3) is 0.400. The van der Waals surface area contributed by atoms with Crippen molar-refractivity contribution >= 4 is 34.8 Å². The topological polar surface area (TPSA) is 73.5 Å². The first-order valence-electron chi connectivity index (χ1n) is 7.44. The quantitative estimate of drug-likeness (QED) is 0.576. The van der Waals surface area contributed by atoms with Crippen molar-refractivity contribution in [1.29, 1.82) is 0 Å². The predicted octanol–water partition coefficient (Wildman–Crippen LogP) is 1.55. The third kappa shape index (κ3) is 5.82. The molecule has 1 aromatic rings. The highest BCUT2D eigenvalue weighted by Gasteiger charge is 2.19. The Kier molecular flexibility index (Phi) is 6.28. The minimum Gasteiger partial charge on any atom is -0.333 e. The molecule has 2 rings (SSSR count). The second-order valence-electron chi connectivity index (χ2n) is 5.26. The standard InChI is InChI=1S/C15H19FN4O2S/c16-11-5-7-12(8-6-11)17-15(23)19-18-13(21)10-20-9-3-1-2-4-14(20)22/h5-8H,1-4,9-10H2,(H,18,21)(H2,17,19,23). The number of anilines is 1. The van der Waals surface area contributed by atoms with Crippen molar-refractivity contribution in [2.45, 2.75) is 25.7 Å². The smallest absolute Gasteiger partial charge is 0.257 e. The summed E-state index contributed by atoms with van der Waals surface area (Å²) in [6.07, 6.45) is 3.29. The summed E-state index contributed by atoms with van der Waals surface area (Å²) in [7, 11) is 0.